The van der Waals surface area contributed by atoms with Gasteiger partial charge in [0.25, 0.3) is 0 Å². The minimum absolute atomic E-state index is 0.225. The summed E-state index contributed by atoms with van der Waals surface area (Å²) in [7, 11) is 3.35. The Balaban J connectivity index is 2.10. The van der Waals surface area contributed by atoms with Crippen molar-refractivity contribution >= 4 is 11.0 Å². The molecule has 0 bridgehead atoms. The molecule has 2 aromatic heterocycles. The molecular formula is C14H12FN3O. The maximum Gasteiger partial charge on any atom is 0.165 e. The van der Waals surface area contributed by atoms with E-state index < -0.39 is 5.82 Å². The van der Waals surface area contributed by atoms with Gasteiger partial charge in [-0.2, -0.15) is 0 Å². The minimum atomic E-state index is -0.400. The summed E-state index contributed by atoms with van der Waals surface area (Å²) in [6, 6.07) is 6.63. The highest BCUT2D eigenvalue weighted by molar-refractivity contribution is 5.79. The second-order valence-electron chi connectivity index (χ2n) is 4.26. The highest BCUT2D eigenvalue weighted by atomic mass is 19.1. The van der Waals surface area contributed by atoms with E-state index >= 15 is 0 Å². The third kappa shape index (κ3) is 1.93. The molecule has 0 fully saturated rings. The maximum atomic E-state index is 13.7. The highest BCUT2D eigenvalue weighted by Gasteiger charge is 2.08. The summed E-state index contributed by atoms with van der Waals surface area (Å²) in [6.45, 7) is 0. The molecule has 0 aliphatic heterocycles. The Kier molecular flexibility index (Phi) is 2.67. The number of nitrogens with zero attached hydrogens (tertiary/aromatic N) is 3. The van der Waals surface area contributed by atoms with Crippen molar-refractivity contribution < 1.29 is 9.13 Å². The SMILES string of the molecule is COc1ccc(-c2cc3ncn(C)c3cn2)cc1F. The summed E-state index contributed by atoms with van der Waals surface area (Å²) in [6.07, 6.45) is 3.46. The predicted octanol–water partition coefficient (Wildman–Crippen LogP) is 2.78. The van der Waals surface area contributed by atoms with E-state index in [1.807, 2.05) is 17.7 Å². The van der Waals surface area contributed by atoms with Crippen LogP contribution in [0.2, 0.25) is 0 Å². The first-order valence-corrected chi connectivity index (χ1v) is 5.80. The molecule has 0 amide bonds. The standard InChI is InChI=1S/C14H12FN3O/c1-18-8-17-12-6-11(16-7-13(12)18)9-3-4-14(19-2)10(15)5-9/h3-8H,1-2H3. The van der Waals surface area contributed by atoms with Crippen LogP contribution in [0.25, 0.3) is 22.3 Å². The number of methoxy groups -OCH3 is 1. The molecule has 3 aromatic rings. The molecule has 3 rings (SSSR count). The van der Waals surface area contributed by atoms with E-state index in [-0.39, 0.29) is 5.75 Å². The number of ether oxygens (including phenoxy) is 1. The van der Waals surface area contributed by atoms with Crippen LogP contribution in [0.15, 0.2) is 36.8 Å². The van der Waals surface area contributed by atoms with Gasteiger partial charge in [-0.05, 0) is 24.3 Å². The first kappa shape index (κ1) is 11.6. The average Bonchev–Trinajstić information content (AvgIpc) is 2.80. The molecule has 0 aliphatic carbocycles. The van der Waals surface area contributed by atoms with Crippen LogP contribution in [0.4, 0.5) is 4.39 Å². The van der Waals surface area contributed by atoms with E-state index in [9.17, 15) is 4.39 Å². The van der Waals surface area contributed by atoms with Crippen LogP contribution in [-0.2, 0) is 7.05 Å². The number of fused-ring (bicyclic) bond motifs is 1. The van der Waals surface area contributed by atoms with Gasteiger partial charge in [0.1, 0.15) is 0 Å². The molecular weight excluding hydrogens is 245 g/mol. The number of pyridine rings is 1. The van der Waals surface area contributed by atoms with Crippen molar-refractivity contribution in [3.05, 3.63) is 42.6 Å². The molecule has 19 heavy (non-hydrogen) atoms. The van der Waals surface area contributed by atoms with Crippen molar-refractivity contribution in [1.29, 1.82) is 0 Å². The number of hydrogen-bond acceptors (Lipinski definition) is 3. The lowest BCUT2D eigenvalue weighted by Gasteiger charge is -2.05. The molecule has 0 aliphatic rings. The second kappa shape index (κ2) is 4.35. The summed E-state index contributed by atoms with van der Waals surface area (Å²) in [5.41, 5.74) is 3.17. The van der Waals surface area contributed by atoms with Crippen molar-refractivity contribution in [3.8, 4) is 17.0 Å². The molecule has 0 saturated heterocycles. The Morgan fingerprint density at radius 3 is 2.79 bits per heavy atom. The molecule has 0 radical (unpaired) electrons. The summed E-state index contributed by atoms with van der Waals surface area (Å²) >= 11 is 0. The van der Waals surface area contributed by atoms with E-state index in [1.54, 1.807) is 24.7 Å². The van der Waals surface area contributed by atoms with Gasteiger partial charge in [-0.3, -0.25) is 4.98 Å². The van der Waals surface area contributed by atoms with Crippen LogP contribution < -0.4 is 4.74 Å². The minimum Gasteiger partial charge on any atom is -0.494 e. The summed E-state index contributed by atoms with van der Waals surface area (Å²) < 4.78 is 20.5. The summed E-state index contributed by atoms with van der Waals surface area (Å²) in [4.78, 5) is 8.60. The number of hydrogen-bond donors (Lipinski definition) is 0. The number of imidazole rings is 1. The van der Waals surface area contributed by atoms with E-state index in [0.29, 0.717) is 11.3 Å². The van der Waals surface area contributed by atoms with Crippen LogP contribution in [0.1, 0.15) is 0 Å². The van der Waals surface area contributed by atoms with Gasteiger partial charge in [-0.1, -0.05) is 0 Å². The lowest BCUT2D eigenvalue weighted by molar-refractivity contribution is 0.386. The van der Waals surface area contributed by atoms with Gasteiger partial charge in [0.05, 0.1) is 36.4 Å². The van der Waals surface area contributed by atoms with Gasteiger partial charge in [0.15, 0.2) is 11.6 Å². The molecule has 0 N–H and O–H groups in total. The van der Waals surface area contributed by atoms with Crippen LogP contribution in [-0.4, -0.2) is 21.6 Å². The fourth-order valence-corrected chi connectivity index (χ4v) is 2.01. The van der Waals surface area contributed by atoms with Crippen LogP contribution in [0.5, 0.6) is 5.75 Å². The van der Waals surface area contributed by atoms with E-state index in [4.69, 9.17) is 4.74 Å². The molecule has 0 unspecified atom stereocenters. The highest BCUT2D eigenvalue weighted by Crippen LogP contribution is 2.25. The van der Waals surface area contributed by atoms with Crippen LogP contribution in [0, 0.1) is 5.82 Å². The van der Waals surface area contributed by atoms with Gasteiger partial charge in [0.2, 0.25) is 0 Å². The third-order valence-corrected chi connectivity index (χ3v) is 3.06. The normalized spacial score (nSPS) is 10.9. The van der Waals surface area contributed by atoms with Gasteiger partial charge in [-0.15, -0.1) is 0 Å². The molecule has 2 heterocycles. The lowest BCUT2D eigenvalue weighted by Crippen LogP contribution is -1.91. The van der Waals surface area contributed by atoms with Gasteiger partial charge >= 0.3 is 0 Å². The predicted molar refractivity (Wildman–Crippen MR) is 70.5 cm³/mol. The first-order chi connectivity index (χ1) is 9.19. The number of aromatic nitrogens is 3. The van der Waals surface area contributed by atoms with Gasteiger partial charge < -0.3 is 9.30 Å². The Hall–Kier alpha value is -2.43. The van der Waals surface area contributed by atoms with E-state index in [1.165, 1.54) is 13.2 Å². The molecule has 0 spiro atoms. The Morgan fingerprint density at radius 1 is 1.21 bits per heavy atom. The third-order valence-electron chi connectivity index (χ3n) is 3.06. The molecule has 0 atom stereocenters. The van der Waals surface area contributed by atoms with Crippen LogP contribution in [0.3, 0.4) is 0 Å². The van der Waals surface area contributed by atoms with Crippen molar-refractivity contribution in [2.45, 2.75) is 0 Å². The number of rotatable bonds is 2. The zero-order valence-corrected chi connectivity index (χ0v) is 10.6. The maximum absolute atomic E-state index is 13.7. The second-order valence-corrected chi connectivity index (χ2v) is 4.26. The lowest BCUT2D eigenvalue weighted by atomic mass is 10.1. The van der Waals surface area contributed by atoms with Crippen molar-refractivity contribution in [2.75, 3.05) is 7.11 Å². The fourth-order valence-electron chi connectivity index (χ4n) is 2.01. The monoisotopic (exact) mass is 257 g/mol. The molecule has 0 saturated carbocycles. The average molecular weight is 257 g/mol. The molecule has 5 heteroatoms. The van der Waals surface area contributed by atoms with E-state index in [0.717, 1.165) is 11.0 Å². The van der Waals surface area contributed by atoms with Crippen molar-refractivity contribution in [2.24, 2.45) is 7.05 Å². The Morgan fingerprint density at radius 2 is 2.05 bits per heavy atom. The number of aryl methyl sites for hydroxylation is 1. The number of benzene rings is 1. The molecule has 4 nitrogen and oxygen atoms in total. The quantitative estimate of drug-likeness (QED) is 0.708. The summed E-state index contributed by atoms with van der Waals surface area (Å²) in [5, 5.41) is 0. The van der Waals surface area contributed by atoms with Crippen LogP contribution >= 0.6 is 0 Å². The Labute approximate surface area is 109 Å². The summed E-state index contributed by atoms with van der Waals surface area (Å²) in [5.74, 6) is -0.175. The van der Waals surface area contributed by atoms with Gasteiger partial charge in [-0.25, -0.2) is 9.37 Å². The Bertz CT molecular complexity index is 752. The van der Waals surface area contributed by atoms with E-state index in [2.05, 4.69) is 9.97 Å². The molecule has 96 valence electrons. The number of halogens is 1. The van der Waals surface area contributed by atoms with Gasteiger partial charge in [0, 0.05) is 12.6 Å². The fraction of sp³-hybridized carbons (Fsp3) is 0.143. The smallest absolute Gasteiger partial charge is 0.165 e. The first-order valence-electron chi connectivity index (χ1n) is 5.80. The van der Waals surface area contributed by atoms with Crippen molar-refractivity contribution in [3.63, 3.8) is 0 Å². The molecule has 1 aromatic carbocycles. The zero-order valence-electron chi connectivity index (χ0n) is 10.6. The topological polar surface area (TPSA) is 39.9 Å². The van der Waals surface area contributed by atoms with Crippen molar-refractivity contribution in [1.82, 2.24) is 14.5 Å². The zero-order chi connectivity index (χ0) is 13.4. The largest absolute Gasteiger partial charge is 0.494 e.